The summed E-state index contributed by atoms with van der Waals surface area (Å²) in [5, 5.41) is 6.55. The number of amides is 1. The first-order valence-corrected chi connectivity index (χ1v) is 8.68. The van der Waals surface area contributed by atoms with E-state index in [0.717, 1.165) is 28.2 Å². The lowest BCUT2D eigenvalue weighted by Gasteiger charge is -2.15. The molecular weight excluding hydrogens is 308 g/mol. The smallest absolute Gasteiger partial charge is 0.249 e. The largest absolute Gasteiger partial charge is 0.459 e. The van der Waals surface area contributed by atoms with E-state index in [1.807, 2.05) is 29.6 Å². The average Bonchev–Trinajstić information content (AvgIpc) is 3.11. The zero-order valence-corrected chi connectivity index (χ0v) is 13.4. The van der Waals surface area contributed by atoms with Crippen LogP contribution in [-0.2, 0) is 6.54 Å². The number of primary amides is 1. The van der Waals surface area contributed by atoms with Crippen molar-refractivity contribution < 1.29 is 9.21 Å². The summed E-state index contributed by atoms with van der Waals surface area (Å²) >= 11 is 1.56. The third-order valence-electron chi connectivity index (χ3n) is 4.28. The van der Waals surface area contributed by atoms with Crippen LogP contribution in [0.4, 0.5) is 0 Å². The molecule has 3 aromatic rings. The first kappa shape index (κ1) is 14.5. The highest BCUT2D eigenvalue weighted by molar-refractivity contribution is 7.10. The van der Waals surface area contributed by atoms with Crippen molar-refractivity contribution in [1.29, 1.82) is 0 Å². The first-order valence-electron chi connectivity index (χ1n) is 7.80. The molecule has 4 nitrogen and oxygen atoms in total. The molecule has 0 bridgehead atoms. The zero-order valence-electron chi connectivity index (χ0n) is 12.6. The van der Waals surface area contributed by atoms with Gasteiger partial charge in [0.05, 0.1) is 11.6 Å². The normalized spacial score (nSPS) is 15.8. The van der Waals surface area contributed by atoms with E-state index in [4.69, 9.17) is 10.2 Å². The van der Waals surface area contributed by atoms with Crippen LogP contribution >= 0.6 is 11.3 Å². The second kappa shape index (κ2) is 5.83. The van der Waals surface area contributed by atoms with E-state index >= 15 is 0 Å². The Balaban J connectivity index is 1.52. The van der Waals surface area contributed by atoms with Gasteiger partial charge in [-0.05, 0) is 37.0 Å². The number of para-hydroxylation sites is 1. The minimum Gasteiger partial charge on any atom is -0.459 e. The molecule has 23 heavy (non-hydrogen) atoms. The minimum absolute atomic E-state index is 0.224. The maximum absolute atomic E-state index is 11.2. The van der Waals surface area contributed by atoms with Crippen LogP contribution in [0.3, 0.4) is 0 Å². The number of thiophene rings is 1. The molecule has 4 rings (SSSR count). The van der Waals surface area contributed by atoms with Crippen molar-refractivity contribution in [2.24, 2.45) is 11.7 Å². The van der Waals surface area contributed by atoms with Crippen LogP contribution in [0.15, 0.2) is 46.2 Å². The van der Waals surface area contributed by atoms with Crippen molar-refractivity contribution in [3.8, 4) is 0 Å². The molecule has 118 valence electrons. The third kappa shape index (κ3) is 3.02. The summed E-state index contributed by atoms with van der Waals surface area (Å²) in [7, 11) is 0. The highest BCUT2D eigenvalue weighted by atomic mass is 32.1. The molecule has 0 spiro atoms. The molecule has 3 N–H and O–H groups in total. The second-order valence-electron chi connectivity index (χ2n) is 6.05. The predicted octanol–water partition coefficient (Wildman–Crippen LogP) is 3.83. The molecule has 5 heteroatoms. The van der Waals surface area contributed by atoms with Gasteiger partial charge in [-0.25, -0.2) is 0 Å². The molecule has 1 aliphatic carbocycles. The maximum Gasteiger partial charge on any atom is 0.249 e. The molecule has 0 radical (unpaired) electrons. The molecule has 2 aromatic heterocycles. The Morgan fingerprint density at radius 3 is 2.87 bits per heavy atom. The summed E-state index contributed by atoms with van der Waals surface area (Å²) < 4.78 is 6.03. The Hall–Kier alpha value is -2.11. The number of rotatable bonds is 6. The fourth-order valence-corrected chi connectivity index (χ4v) is 3.72. The number of hydrogen-bond donors (Lipinski definition) is 2. The number of hydrogen-bond acceptors (Lipinski definition) is 4. The van der Waals surface area contributed by atoms with Crippen molar-refractivity contribution in [3.63, 3.8) is 0 Å². The van der Waals surface area contributed by atoms with E-state index in [0.29, 0.717) is 11.5 Å². The second-order valence-corrected chi connectivity index (χ2v) is 7.04. The van der Waals surface area contributed by atoms with Gasteiger partial charge in [0.1, 0.15) is 11.3 Å². The van der Waals surface area contributed by atoms with Gasteiger partial charge < -0.3 is 15.5 Å². The lowest BCUT2D eigenvalue weighted by atomic mass is 10.1. The molecular formula is C18H18N2O2S. The molecule has 1 saturated carbocycles. The number of fused-ring (bicyclic) bond motifs is 1. The molecule has 1 aliphatic rings. The summed E-state index contributed by atoms with van der Waals surface area (Å²) in [6.07, 6.45) is 2.46. The minimum atomic E-state index is -0.372. The van der Waals surface area contributed by atoms with Crippen LogP contribution in [0.2, 0.25) is 0 Å². The van der Waals surface area contributed by atoms with Crippen molar-refractivity contribution >= 4 is 28.2 Å². The molecule has 0 unspecified atom stereocenters. The standard InChI is InChI=1S/C18H18N2O2S/c19-18(21)13-7-14(23-10-13)9-20-17(11-5-6-11)16-8-12-3-1-2-4-15(12)22-16/h1-4,7-8,10-11,17,20H,5-6,9H2,(H2,19,21)/t17-/m1/s1. The molecule has 2 heterocycles. The Bertz CT molecular complexity index is 814. The topological polar surface area (TPSA) is 68.3 Å². The highest BCUT2D eigenvalue weighted by Gasteiger charge is 2.34. The van der Waals surface area contributed by atoms with E-state index in [1.54, 1.807) is 11.3 Å². The summed E-state index contributed by atoms with van der Waals surface area (Å²) in [6.45, 7) is 0.718. The van der Waals surface area contributed by atoms with Crippen molar-refractivity contribution in [3.05, 3.63) is 58.0 Å². The number of furan rings is 1. The van der Waals surface area contributed by atoms with Crippen LogP contribution in [0.1, 0.15) is 39.9 Å². The van der Waals surface area contributed by atoms with Gasteiger partial charge in [0.25, 0.3) is 0 Å². The van der Waals surface area contributed by atoms with Crippen LogP contribution in [-0.4, -0.2) is 5.91 Å². The number of carbonyl (C=O) groups excluding carboxylic acids is 1. The first-order chi connectivity index (χ1) is 11.2. The van der Waals surface area contributed by atoms with Gasteiger partial charge in [-0.2, -0.15) is 0 Å². The van der Waals surface area contributed by atoms with Gasteiger partial charge in [0.15, 0.2) is 0 Å². The van der Waals surface area contributed by atoms with Crippen molar-refractivity contribution in [1.82, 2.24) is 5.32 Å². The molecule has 1 amide bonds. The van der Waals surface area contributed by atoms with E-state index in [-0.39, 0.29) is 11.9 Å². The summed E-state index contributed by atoms with van der Waals surface area (Å²) in [6, 6.07) is 12.3. The number of benzene rings is 1. The van der Waals surface area contributed by atoms with Gasteiger partial charge in [0, 0.05) is 22.2 Å². The monoisotopic (exact) mass is 326 g/mol. The van der Waals surface area contributed by atoms with Crippen LogP contribution < -0.4 is 11.1 Å². The van der Waals surface area contributed by atoms with Gasteiger partial charge in [-0.1, -0.05) is 18.2 Å². The van der Waals surface area contributed by atoms with E-state index in [2.05, 4.69) is 17.4 Å². The molecule has 1 atom stereocenters. The Morgan fingerprint density at radius 1 is 1.35 bits per heavy atom. The van der Waals surface area contributed by atoms with Gasteiger partial charge >= 0.3 is 0 Å². The van der Waals surface area contributed by atoms with Crippen LogP contribution in [0, 0.1) is 5.92 Å². The Labute approximate surface area is 138 Å². The SMILES string of the molecule is NC(=O)c1csc(CN[C@@H](c2cc3ccccc3o2)C2CC2)c1. The van der Waals surface area contributed by atoms with E-state index in [1.165, 1.54) is 12.8 Å². The quantitative estimate of drug-likeness (QED) is 0.723. The fourth-order valence-electron chi connectivity index (χ4n) is 2.90. The molecule has 1 aromatic carbocycles. The summed E-state index contributed by atoms with van der Waals surface area (Å²) in [5.74, 6) is 1.26. The predicted molar refractivity (Wildman–Crippen MR) is 91.4 cm³/mol. The lowest BCUT2D eigenvalue weighted by Crippen LogP contribution is -2.21. The highest BCUT2D eigenvalue weighted by Crippen LogP contribution is 2.42. The van der Waals surface area contributed by atoms with Crippen LogP contribution in [0.5, 0.6) is 0 Å². The zero-order chi connectivity index (χ0) is 15.8. The molecule has 0 saturated heterocycles. The Kier molecular flexibility index (Phi) is 3.67. The summed E-state index contributed by atoms with van der Waals surface area (Å²) in [4.78, 5) is 12.3. The van der Waals surface area contributed by atoms with Crippen LogP contribution in [0.25, 0.3) is 11.0 Å². The summed E-state index contributed by atoms with van der Waals surface area (Å²) in [5.41, 5.74) is 6.82. The number of nitrogens with two attached hydrogens (primary N) is 1. The van der Waals surface area contributed by atoms with Crippen molar-refractivity contribution in [2.75, 3.05) is 0 Å². The van der Waals surface area contributed by atoms with Gasteiger partial charge in [0.2, 0.25) is 5.91 Å². The number of nitrogens with one attached hydrogen (secondary N) is 1. The van der Waals surface area contributed by atoms with E-state index in [9.17, 15) is 4.79 Å². The lowest BCUT2D eigenvalue weighted by molar-refractivity contribution is 0.100. The Morgan fingerprint density at radius 2 is 2.17 bits per heavy atom. The van der Waals surface area contributed by atoms with Gasteiger partial charge in [-0.3, -0.25) is 4.79 Å². The maximum atomic E-state index is 11.2. The third-order valence-corrected chi connectivity index (χ3v) is 5.22. The van der Waals surface area contributed by atoms with Crippen molar-refractivity contribution in [2.45, 2.75) is 25.4 Å². The average molecular weight is 326 g/mol. The number of carbonyl (C=O) groups is 1. The van der Waals surface area contributed by atoms with E-state index < -0.39 is 0 Å². The van der Waals surface area contributed by atoms with Gasteiger partial charge in [-0.15, -0.1) is 11.3 Å². The molecule has 0 aliphatic heterocycles. The fraction of sp³-hybridized carbons (Fsp3) is 0.278. The molecule has 1 fully saturated rings.